The molecule has 9 heteroatoms. The minimum Gasteiger partial charge on any atom is -0.481 e. The number of carboxylic acids is 1. The van der Waals surface area contributed by atoms with E-state index in [9.17, 15) is 22.8 Å². The van der Waals surface area contributed by atoms with Gasteiger partial charge in [-0.25, -0.2) is 4.98 Å². The maximum Gasteiger partial charge on any atom is 0.406 e. The van der Waals surface area contributed by atoms with E-state index in [1.807, 2.05) is 0 Å². The summed E-state index contributed by atoms with van der Waals surface area (Å²) in [6.07, 6.45) is -5.58. The third-order valence-electron chi connectivity index (χ3n) is 3.44. The van der Waals surface area contributed by atoms with Crippen molar-refractivity contribution in [2.75, 3.05) is 13.1 Å². The van der Waals surface area contributed by atoms with Crippen LogP contribution in [0.15, 0.2) is 22.8 Å². The van der Waals surface area contributed by atoms with Crippen LogP contribution in [-0.2, 0) is 4.79 Å². The van der Waals surface area contributed by atoms with E-state index in [2.05, 4.69) is 20.9 Å². The molecule has 0 saturated carbocycles. The van der Waals surface area contributed by atoms with Gasteiger partial charge in [0.2, 0.25) is 0 Å². The molecule has 1 aromatic heterocycles. The number of carboxylic acid groups (broad SMARTS) is 1. The van der Waals surface area contributed by atoms with E-state index >= 15 is 0 Å². The maximum absolute atomic E-state index is 13.0. The van der Waals surface area contributed by atoms with E-state index in [1.54, 1.807) is 6.07 Å². The third kappa shape index (κ3) is 2.74. The van der Waals surface area contributed by atoms with Gasteiger partial charge in [-0.05, 0) is 34.5 Å². The molecule has 0 bridgehead atoms. The Labute approximate surface area is 125 Å². The van der Waals surface area contributed by atoms with Crippen LogP contribution in [0.4, 0.5) is 13.2 Å². The molecule has 2 rings (SSSR count). The van der Waals surface area contributed by atoms with E-state index in [1.165, 1.54) is 12.1 Å². The molecule has 0 aliphatic carbocycles. The number of hydrogen-bond acceptors (Lipinski definition) is 3. The number of rotatable bonds is 2. The zero-order valence-corrected chi connectivity index (χ0v) is 12.1. The van der Waals surface area contributed by atoms with Gasteiger partial charge in [0.15, 0.2) is 5.41 Å². The van der Waals surface area contributed by atoms with Crippen molar-refractivity contribution in [3.05, 3.63) is 28.5 Å². The molecule has 0 radical (unpaired) electrons. The topological polar surface area (TPSA) is 70.5 Å². The van der Waals surface area contributed by atoms with Gasteiger partial charge in [0.05, 0.1) is 0 Å². The standard InChI is InChI=1S/C12H10BrF3N2O3/c13-8-3-1-2-7(17-8)9(19)18-5-4-11(6-18,10(20)21)12(14,15)16/h1-3H,4-6H2,(H,20,21). The summed E-state index contributed by atoms with van der Waals surface area (Å²) in [6.45, 7) is -1.18. The fraction of sp³-hybridized carbons (Fsp3) is 0.417. The number of hydrogen-bond donors (Lipinski definition) is 1. The number of carbonyl (C=O) groups is 2. The van der Waals surface area contributed by atoms with Crippen molar-refractivity contribution in [3.63, 3.8) is 0 Å². The molecular formula is C12H10BrF3N2O3. The molecule has 1 unspecified atom stereocenters. The molecule has 1 aromatic rings. The number of aliphatic carboxylic acids is 1. The van der Waals surface area contributed by atoms with Gasteiger partial charge >= 0.3 is 12.1 Å². The molecule has 1 fully saturated rings. The lowest BCUT2D eigenvalue weighted by Crippen LogP contribution is -2.47. The van der Waals surface area contributed by atoms with Gasteiger partial charge in [0, 0.05) is 13.1 Å². The minimum atomic E-state index is -4.92. The highest BCUT2D eigenvalue weighted by Crippen LogP contribution is 2.45. The molecule has 1 atom stereocenters. The zero-order chi connectivity index (χ0) is 15.8. The average molecular weight is 367 g/mol. The van der Waals surface area contributed by atoms with Crippen LogP contribution >= 0.6 is 15.9 Å². The Hall–Kier alpha value is -1.64. The van der Waals surface area contributed by atoms with E-state index in [-0.39, 0.29) is 12.2 Å². The third-order valence-corrected chi connectivity index (χ3v) is 3.88. The predicted molar refractivity (Wildman–Crippen MR) is 68.6 cm³/mol. The molecule has 114 valence electrons. The van der Waals surface area contributed by atoms with Crippen LogP contribution in [0.2, 0.25) is 0 Å². The summed E-state index contributed by atoms with van der Waals surface area (Å²) in [5.74, 6) is -2.68. The molecule has 1 aliphatic rings. The molecule has 1 aliphatic heterocycles. The van der Waals surface area contributed by atoms with Crippen molar-refractivity contribution < 1.29 is 27.9 Å². The molecule has 1 amide bonds. The second kappa shape index (κ2) is 5.28. The smallest absolute Gasteiger partial charge is 0.406 e. The van der Waals surface area contributed by atoms with Crippen molar-refractivity contribution in [3.8, 4) is 0 Å². The molecule has 5 nitrogen and oxygen atoms in total. The largest absolute Gasteiger partial charge is 0.481 e. The highest BCUT2D eigenvalue weighted by Gasteiger charge is 2.64. The van der Waals surface area contributed by atoms with Gasteiger partial charge in [-0.2, -0.15) is 13.2 Å². The van der Waals surface area contributed by atoms with Crippen molar-refractivity contribution in [2.24, 2.45) is 5.41 Å². The van der Waals surface area contributed by atoms with Gasteiger partial charge in [0.25, 0.3) is 5.91 Å². The van der Waals surface area contributed by atoms with Gasteiger partial charge in [-0.15, -0.1) is 0 Å². The molecule has 1 N–H and O–H groups in total. The highest BCUT2D eigenvalue weighted by atomic mass is 79.9. The van der Waals surface area contributed by atoms with Crippen LogP contribution in [0.1, 0.15) is 16.9 Å². The molecule has 2 heterocycles. The monoisotopic (exact) mass is 366 g/mol. The van der Waals surface area contributed by atoms with Crippen molar-refractivity contribution >= 4 is 27.8 Å². The highest BCUT2D eigenvalue weighted by molar-refractivity contribution is 9.10. The second-order valence-corrected chi connectivity index (χ2v) is 5.52. The predicted octanol–water partition coefficient (Wildman–Crippen LogP) is 2.32. The number of nitrogens with zero attached hydrogens (tertiary/aromatic N) is 2. The van der Waals surface area contributed by atoms with Gasteiger partial charge < -0.3 is 10.0 Å². The summed E-state index contributed by atoms with van der Waals surface area (Å²) in [4.78, 5) is 27.9. The first-order chi connectivity index (χ1) is 9.67. The quantitative estimate of drug-likeness (QED) is 0.815. The molecular weight excluding hydrogens is 357 g/mol. The summed E-state index contributed by atoms with van der Waals surface area (Å²) >= 11 is 3.06. The summed E-state index contributed by atoms with van der Waals surface area (Å²) in [6, 6.07) is 4.45. The van der Waals surface area contributed by atoms with Gasteiger partial charge in [-0.3, -0.25) is 9.59 Å². The molecule has 21 heavy (non-hydrogen) atoms. The fourth-order valence-electron chi connectivity index (χ4n) is 2.20. The van der Waals surface area contributed by atoms with Crippen LogP contribution < -0.4 is 0 Å². The Kier molecular flexibility index (Phi) is 3.96. The number of pyridine rings is 1. The van der Waals surface area contributed by atoms with Crippen LogP contribution in [0.5, 0.6) is 0 Å². The van der Waals surface area contributed by atoms with Crippen LogP contribution in [-0.4, -0.2) is 46.1 Å². The van der Waals surface area contributed by atoms with Crippen LogP contribution in [0.3, 0.4) is 0 Å². The number of amides is 1. The Balaban J connectivity index is 2.26. The molecule has 0 spiro atoms. The van der Waals surface area contributed by atoms with Crippen molar-refractivity contribution in [2.45, 2.75) is 12.6 Å². The number of likely N-dealkylation sites (tertiary alicyclic amines) is 1. The number of aromatic nitrogens is 1. The van der Waals surface area contributed by atoms with Crippen LogP contribution in [0.25, 0.3) is 0 Å². The Morgan fingerprint density at radius 2 is 2.05 bits per heavy atom. The summed E-state index contributed by atoms with van der Waals surface area (Å²) in [5, 5.41) is 8.93. The van der Waals surface area contributed by atoms with E-state index in [0.29, 0.717) is 4.60 Å². The van der Waals surface area contributed by atoms with E-state index in [0.717, 1.165) is 4.90 Å². The minimum absolute atomic E-state index is 0.0345. The number of halogens is 4. The van der Waals surface area contributed by atoms with Gasteiger partial charge in [0.1, 0.15) is 10.3 Å². The Bertz CT molecular complexity index is 593. The Morgan fingerprint density at radius 3 is 2.52 bits per heavy atom. The van der Waals surface area contributed by atoms with Crippen molar-refractivity contribution in [1.29, 1.82) is 0 Å². The zero-order valence-electron chi connectivity index (χ0n) is 10.5. The van der Waals surface area contributed by atoms with Crippen molar-refractivity contribution in [1.82, 2.24) is 9.88 Å². The second-order valence-electron chi connectivity index (χ2n) is 4.71. The Morgan fingerprint density at radius 1 is 1.38 bits per heavy atom. The molecule has 0 aromatic carbocycles. The molecule has 1 saturated heterocycles. The lowest BCUT2D eigenvalue weighted by Gasteiger charge is -2.27. The SMILES string of the molecule is O=C(c1cccc(Br)n1)N1CCC(C(=O)O)(C(F)(F)F)C1. The average Bonchev–Trinajstić information content (AvgIpc) is 2.83. The van der Waals surface area contributed by atoms with Crippen LogP contribution in [0, 0.1) is 5.41 Å². The first kappa shape index (κ1) is 15.7. The number of carbonyl (C=O) groups excluding carboxylic acids is 1. The maximum atomic E-state index is 13.0. The first-order valence-electron chi connectivity index (χ1n) is 5.89. The van der Waals surface area contributed by atoms with E-state index in [4.69, 9.17) is 5.11 Å². The normalized spacial score (nSPS) is 22.4. The summed E-state index contributed by atoms with van der Waals surface area (Å²) in [5.41, 5.74) is -2.94. The van der Waals surface area contributed by atoms with E-state index < -0.39 is 36.4 Å². The van der Waals surface area contributed by atoms with Gasteiger partial charge in [-0.1, -0.05) is 6.07 Å². The summed E-state index contributed by atoms with van der Waals surface area (Å²) < 4.78 is 39.5. The lowest BCUT2D eigenvalue weighted by atomic mass is 9.86. The fourth-order valence-corrected chi connectivity index (χ4v) is 2.54. The lowest BCUT2D eigenvalue weighted by molar-refractivity contribution is -0.227. The first-order valence-corrected chi connectivity index (χ1v) is 6.69. The summed E-state index contributed by atoms with van der Waals surface area (Å²) in [7, 11) is 0. The number of alkyl halides is 3.